The van der Waals surface area contributed by atoms with E-state index in [9.17, 15) is 4.79 Å². The molecule has 20 heavy (non-hydrogen) atoms. The number of hydrogen-bond acceptors (Lipinski definition) is 4. The zero-order chi connectivity index (χ0) is 14.7. The molecule has 7 heteroatoms. The molecule has 1 atom stereocenters. The topological polar surface area (TPSA) is 67.6 Å². The van der Waals surface area contributed by atoms with Crippen molar-refractivity contribution in [2.24, 2.45) is 5.73 Å². The van der Waals surface area contributed by atoms with E-state index < -0.39 is 6.09 Å². The Labute approximate surface area is 128 Å². The molecule has 0 radical (unpaired) electrons. The highest BCUT2D eigenvalue weighted by molar-refractivity contribution is 7.80. The van der Waals surface area contributed by atoms with Crippen molar-refractivity contribution >= 4 is 40.6 Å². The standard InChI is InChI=1S/C13H16ClN3O2S/c1-19-13(18)16-8-4-5-17(7-8)9-2-3-10(12(15)20)11(14)6-9/h2-3,6,8H,4-5,7H2,1H3,(H2,15,20)(H,16,18). The Balaban J connectivity index is 2.05. The first-order valence-electron chi connectivity index (χ1n) is 6.20. The van der Waals surface area contributed by atoms with Crippen LogP contribution in [0.25, 0.3) is 0 Å². The lowest BCUT2D eigenvalue weighted by Gasteiger charge is -2.19. The number of nitrogens with zero attached hydrogens (tertiary/aromatic N) is 1. The molecule has 1 unspecified atom stereocenters. The van der Waals surface area contributed by atoms with Crippen LogP contribution in [0.3, 0.4) is 0 Å². The molecule has 1 aromatic carbocycles. The SMILES string of the molecule is COC(=O)NC1CCN(c2ccc(C(N)=S)c(Cl)c2)C1. The molecule has 1 heterocycles. The van der Waals surface area contributed by atoms with E-state index in [1.54, 1.807) is 0 Å². The van der Waals surface area contributed by atoms with Crippen LogP contribution in [0.4, 0.5) is 10.5 Å². The minimum absolute atomic E-state index is 0.0801. The summed E-state index contributed by atoms with van der Waals surface area (Å²) in [6.45, 7) is 1.56. The maximum Gasteiger partial charge on any atom is 0.407 e. The number of amides is 1. The van der Waals surface area contributed by atoms with Gasteiger partial charge in [0.05, 0.1) is 18.2 Å². The van der Waals surface area contributed by atoms with Crippen molar-refractivity contribution in [1.82, 2.24) is 5.32 Å². The first kappa shape index (κ1) is 14.9. The second-order valence-electron chi connectivity index (χ2n) is 4.60. The van der Waals surface area contributed by atoms with Crippen molar-refractivity contribution in [3.63, 3.8) is 0 Å². The largest absolute Gasteiger partial charge is 0.453 e. The third-order valence-corrected chi connectivity index (χ3v) is 3.81. The Morgan fingerprint density at radius 3 is 2.95 bits per heavy atom. The van der Waals surface area contributed by atoms with Crippen LogP contribution < -0.4 is 16.0 Å². The number of thiocarbonyl (C=S) groups is 1. The highest BCUT2D eigenvalue weighted by atomic mass is 35.5. The molecule has 0 saturated carbocycles. The van der Waals surface area contributed by atoms with E-state index in [4.69, 9.17) is 29.6 Å². The molecular weight excluding hydrogens is 298 g/mol. The molecule has 108 valence electrons. The molecule has 0 aliphatic carbocycles. The fraction of sp³-hybridized carbons (Fsp3) is 0.385. The molecule has 0 aromatic heterocycles. The van der Waals surface area contributed by atoms with Crippen LogP contribution in [0.1, 0.15) is 12.0 Å². The van der Waals surface area contributed by atoms with Crippen LogP contribution in [0.5, 0.6) is 0 Å². The summed E-state index contributed by atoms with van der Waals surface area (Å²) in [7, 11) is 1.36. The Kier molecular flexibility index (Phi) is 4.67. The van der Waals surface area contributed by atoms with E-state index in [0.29, 0.717) is 10.6 Å². The number of halogens is 1. The Hall–Kier alpha value is -1.53. The highest BCUT2D eigenvalue weighted by Crippen LogP contribution is 2.26. The van der Waals surface area contributed by atoms with Gasteiger partial charge in [-0.25, -0.2) is 4.79 Å². The number of rotatable bonds is 3. The number of carbonyl (C=O) groups excluding carboxylic acids is 1. The molecule has 0 spiro atoms. The summed E-state index contributed by atoms with van der Waals surface area (Å²) in [6, 6.07) is 5.68. The van der Waals surface area contributed by atoms with E-state index in [2.05, 4.69) is 15.0 Å². The first-order valence-corrected chi connectivity index (χ1v) is 6.98. The molecule has 1 saturated heterocycles. The monoisotopic (exact) mass is 313 g/mol. The highest BCUT2D eigenvalue weighted by Gasteiger charge is 2.24. The number of nitrogens with one attached hydrogen (secondary N) is 1. The summed E-state index contributed by atoms with van der Waals surface area (Å²) < 4.78 is 4.60. The minimum Gasteiger partial charge on any atom is -0.453 e. The Morgan fingerprint density at radius 2 is 2.35 bits per heavy atom. The van der Waals surface area contributed by atoms with Gasteiger partial charge in [0, 0.05) is 24.3 Å². The quantitative estimate of drug-likeness (QED) is 0.834. The third-order valence-electron chi connectivity index (χ3n) is 3.28. The van der Waals surface area contributed by atoms with Crippen molar-refractivity contribution in [3.05, 3.63) is 28.8 Å². The van der Waals surface area contributed by atoms with Gasteiger partial charge in [-0.05, 0) is 24.6 Å². The summed E-state index contributed by atoms with van der Waals surface area (Å²) in [5, 5.41) is 3.34. The summed E-state index contributed by atoms with van der Waals surface area (Å²) in [5.41, 5.74) is 7.25. The van der Waals surface area contributed by atoms with Crippen molar-refractivity contribution in [1.29, 1.82) is 0 Å². The zero-order valence-electron chi connectivity index (χ0n) is 11.1. The van der Waals surface area contributed by atoms with Gasteiger partial charge in [0.1, 0.15) is 4.99 Å². The number of hydrogen-bond donors (Lipinski definition) is 2. The molecule has 5 nitrogen and oxygen atoms in total. The molecule has 1 aromatic rings. The van der Waals surface area contributed by atoms with Crippen LogP contribution in [0.2, 0.25) is 5.02 Å². The lowest BCUT2D eigenvalue weighted by molar-refractivity contribution is 0.167. The molecule has 1 aliphatic heterocycles. The van der Waals surface area contributed by atoms with Gasteiger partial charge in [-0.1, -0.05) is 23.8 Å². The van der Waals surface area contributed by atoms with Crippen LogP contribution in [-0.4, -0.2) is 37.3 Å². The number of nitrogens with two attached hydrogens (primary N) is 1. The van der Waals surface area contributed by atoms with Gasteiger partial charge in [0.15, 0.2) is 0 Å². The number of benzene rings is 1. The zero-order valence-corrected chi connectivity index (χ0v) is 12.6. The van der Waals surface area contributed by atoms with Crippen LogP contribution in [0, 0.1) is 0 Å². The summed E-state index contributed by atoms with van der Waals surface area (Å²) in [5.74, 6) is 0. The number of anilines is 1. The van der Waals surface area contributed by atoms with E-state index in [-0.39, 0.29) is 11.0 Å². The molecule has 1 aliphatic rings. The molecule has 1 fully saturated rings. The van der Waals surface area contributed by atoms with Crippen LogP contribution in [0.15, 0.2) is 18.2 Å². The number of methoxy groups -OCH3 is 1. The smallest absolute Gasteiger partial charge is 0.407 e. The number of ether oxygens (including phenoxy) is 1. The van der Waals surface area contributed by atoms with Crippen molar-refractivity contribution < 1.29 is 9.53 Å². The lowest BCUT2D eigenvalue weighted by Crippen LogP contribution is -2.36. The Bertz CT molecular complexity index is 538. The van der Waals surface area contributed by atoms with Crippen molar-refractivity contribution in [3.8, 4) is 0 Å². The maximum atomic E-state index is 11.2. The predicted molar refractivity (Wildman–Crippen MR) is 83.5 cm³/mol. The van der Waals surface area contributed by atoms with Gasteiger partial charge in [0.2, 0.25) is 0 Å². The molecular formula is C13H16ClN3O2S. The fourth-order valence-corrected chi connectivity index (χ4v) is 2.75. The molecule has 3 N–H and O–H groups in total. The summed E-state index contributed by atoms with van der Waals surface area (Å²) in [4.78, 5) is 13.6. The van der Waals surface area contributed by atoms with Gasteiger partial charge < -0.3 is 20.7 Å². The lowest BCUT2D eigenvalue weighted by atomic mass is 10.2. The summed E-state index contributed by atoms with van der Waals surface area (Å²) >= 11 is 11.1. The average Bonchev–Trinajstić information content (AvgIpc) is 2.86. The van der Waals surface area contributed by atoms with Gasteiger partial charge in [-0.2, -0.15) is 0 Å². The van der Waals surface area contributed by atoms with Gasteiger partial charge in [-0.3, -0.25) is 0 Å². The summed E-state index contributed by atoms with van der Waals surface area (Å²) in [6.07, 6.45) is 0.461. The average molecular weight is 314 g/mol. The second-order valence-corrected chi connectivity index (χ2v) is 5.44. The second kappa shape index (κ2) is 6.28. The van der Waals surface area contributed by atoms with Crippen molar-refractivity contribution in [2.75, 3.05) is 25.1 Å². The molecule has 1 amide bonds. The third kappa shape index (κ3) is 3.32. The fourth-order valence-electron chi connectivity index (χ4n) is 2.24. The van der Waals surface area contributed by atoms with Crippen LogP contribution >= 0.6 is 23.8 Å². The predicted octanol–water partition coefficient (Wildman–Crippen LogP) is 1.91. The van der Waals surface area contributed by atoms with E-state index in [1.165, 1.54) is 7.11 Å². The van der Waals surface area contributed by atoms with Gasteiger partial charge in [-0.15, -0.1) is 0 Å². The van der Waals surface area contributed by atoms with E-state index >= 15 is 0 Å². The normalized spacial score (nSPS) is 17.9. The van der Waals surface area contributed by atoms with E-state index in [1.807, 2.05) is 18.2 Å². The van der Waals surface area contributed by atoms with E-state index in [0.717, 1.165) is 25.2 Å². The molecule has 0 bridgehead atoms. The maximum absolute atomic E-state index is 11.2. The van der Waals surface area contributed by atoms with Crippen LogP contribution in [-0.2, 0) is 4.74 Å². The first-order chi connectivity index (χ1) is 9.51. The van der Waals surface area contributed by atoms with Gasteiger partial charge in [0.25, 0.3) is 0 Å². The molecule has 2 rings (SSSR count). The van der Waals surface area contributed by atoms with Gasteiger partial charge >= 0.3 is 6.09 Å². The Morgan fingerprint density at radius 1 is 1.60 bits per heavy atom. The van der Waals surface area contributed by atoms with Crippen molar-refractivity contribution in [2.45, 2.75) is 12.5 Å². The number of carbonyl (C=O) groups is 1. The number of alkyl carbamates (subject to hydrolysis) is 1. The minimum atomic E-state index is -0.404.